The molecule has 76 valence electrons. The van der Waals surface area contributed by atoms with E-state index in [9.17, 15) is 18.0 Å². The first-order valence-corrected chi connectivity index (χ1v) is 3.75. The molecular formula is C7H4ClF3N2O. The Bertz CT molecular complexity index is 383. The Morgan fingerprint density at radius 1 is 1.57 bits per heavy atom. The molecule has 0 saturated heterocycles. The summed E-state index contributed by atoms with van der Waals surface area (Å²) in [4.78, 5) is 13.8. The first kappa shape index (κ1) is 10.8. The van der Waals surface area contributed by atoms with Gasteiger partial charge >= 0.3 is 0 Å². The molecule has 0 saturated carbocycles. The number of carbonyl (C=O) groups excluding carboxylic acids is 1. The second kappa shape index (κ2) is 3.83. The summed E-state index contributed by atoms with van der Waals surface area (Å²) in [5.74, 6) is -2.68. The Balaban J connectivity index is 3.40. The lowest BCUT2D eigenvalue weighted by Crippen LogP contribution is -2.17. The van der Waals surface area contributed by atoms with Gasteiger partial charge in [0.05, 0.1) is 5.56 Å². The Morgan fingerprint density at radius 2 is 2.14 bits per heavy atom. The van der Waals surface area contributed by atoms with Crippen molar-refractivity contribution in [1.29, 1.82) is 0 Å². The smallest absolute Gasteiger partial charge is 0.270 e. The molecule has 1 rings (SSSR count). The van der Waals surface area contributed by atoms with Crippen LogP contribution in [0.5, 0.6) is 0 Å². The van der Waals surface area contributed by atoms with E-state index in [0.717, 1.165) is 0 Å². The molecule has 0 bridgehead atoms. The third kappa shape index (κ3) is 1.95. The highest BCUT2D eigenvalue weighted by Crippen LogP contribution is 2.25. The number of pyridine rings is 1. The molecule has 0 aliphatic rings. The average molecular weight is 225 g/mol. The van der Waals surface area contributed by atoms with E-state index in [1.807, 2.05) is 0 Å². The van der Waals surface area contributed by atoms with Crippen molar-refractivity contribution in [2.45, 2.75) is 6.43 Å². The maximum absolute atomic E-state index is 13.1. The van der Waals surface area contributed by atoms with Gasteiger partial charge in [0, 0.05) is 0 Å². The van der Waals surface area contributed by atoms with Gasteiger partial charge in [-0.1, -0.05) is 11.6 Å². The fourth-order valence-electron chi connectivity index (χ4n) is 0.839. The van der Waals surface area contributed by atoms with Crippen LogP contribution in [0.3, 0.4) is 0 Å². The predicted molar refractivity (Wildman–Crippen MR) is 42.7 cm³/mol. The number of rotatable bonds is 2. The molecule has 2 N–H and O–H groups in total. The number of primary amides is 1. The maximum Gasteiger partial charge on any atom is 0.270 e. The molecule has 0 atom stereocenters. The van der Waals surface area contributed by atoms with Gasteiger partial charge in [0.1, 0.15) is 5.15 Å². The number of hydrogen-bond acceptors (Lipinski definition) is 2. The second-order valence-corrected chi connectivity index (χ2v) is 2.75. The fraction of sp³-hybridized carbons (Fsp3) is 0.143. The van der Waals surface area contributed by atoms with Crippen LogP contribution in [0.2, 0.25) is 5.15 Å². The summed E-state index contributed by atoms with van der Waals surface area (Å²) in [6.45, 7) is 0. The molecule has 0 fully saturated rings. The van der Waals surface area contributed by atoms with E-state index < -0.39 is 34.6 Å². The highest BCUT2D eigenvalue weighted by atomic mass is 35.5. The van der Waals surface area contributed by atoms with Crippen molar-refractivity contribution in [3.05, 3.63) is 28.3 Å². The van der Waals surface area contributed by atoms with Gasteiger partial charge in [-0.3, -0.25) is 4.79 Å². The number of nitrogens with two attached hydrogens (primary N) is 1. The van der Waals surface area contributed by atoms with Crippen molar-refractivity contribution >= 4 is 17.5 Å². The molecule has 1 amide bonds. The third-order valence-corrected chi connectivity index (χ3v) is 1.62. The number of nitrogens with zero attached hydrogens (tertiary/aromatic N) is 1. The summed E-state index contributed by atoms with van der Waals surface area (Å²) in [6.07, 6.45) is -3.08. The lowest BCUT2D eigenvalue weighted by atomic mass is 10.2. The van der Waals surface area contributed by atoms with Crippen LogP contribution in [-0.2, 0) is 0 Å². The van der Waals surface area contributed by atoms with Gasteiger partial charge in [0.2, 0.25) is 0 Å². The van der Waals surface area contributed by atoms with Gasteiger partial charge in [-0.05, 0) is 6.07 Å². The highest BCUT2D eigenvalue weighted by molar-refractivity contribution is 6.29. The van der Waals surface area contributed by atoms with Gasteiger partial charge in [0.15, 0.2) is 11.5 Å². The van der Waals surface area contributed by atoms with Crippen LogP contribution in [0.1, 0.15) is 22.5 Å². The van der Waals surface area contributed by atoms with Crippen molar-refractivity contribution in [2.24, 2.45) is 5.73 Å². The molecule has 0 aromatic carbocycles. The Labute approximate surface area is 81.7 Å². The Hall–Kier alpha value is -1.30. The van der Waals surface area contributed by atoms with Gasteiger partial charge in [-0.15, -0.1) is 0 Å². The summed E-state index contributed by atoms with van der Waals surface area (Å²) in [6, 6.07) is 0.647. The van der Waals surface area contributed by atoms with Gasteiger partial charge in [-0.25, -0.2) is 18.2 Å². The third-order valence-electron chi connectivity index (χ3n) is 1.42. The maximum atomic E-state index is 13.1. The molecule has 3 nitrogen and oxygen atoms in total. The topological polar surface area (TPSA) is 56.0 Å². The monoisotopic (exact) mass is 224 g/mol. The first-order chi connectivity index (χ1) is 6.43. The zero-order chi connectivity index (χ0) is 10.9. The number of alkyl halides is 2. The first-order valence-electron chi connectivity index (χ1n) is 3.37. The van der Waals surface area contributed by atoms with Gasteiger partial charge < -0.3 is 5.73 Å². The summed E-state index contributed by atoms with van der Waals surface area (Å²) in [5.41, 5.74) is 2.84. The Morgan fingerprint density at radius 3 is 2.57 bits per heavy atom. The molecule has 7 heteroatoms. The minimum atomic E-state index is -3.08. The molecule has 1 heterocycles. The lowest BCUT2D eigenvalue weighted by molar-refractivity contribution is 0.0989. The summed E-state index contributed by atoms with van der Waals surface area (Å²) < 4.78 is 37.4. The van der Waals surface area contributed by atoms with Crippen molar-refractivity contribution in [2.75, 3.05) is 0 Å². The SMILES string of the molecule is NC(=O)c1nc(Cl)cc(C(F)F)c1F. The van der Waals surface area contributed by atoms with Crippen LogP contribution in [0, 0.1) is 5.82 Å². The van der Waals surface area contributed by atoms with Crippen LogP contribution >= 0.6 is 11.6 Å². The van der Waals surface area contributed by atoms with Crippen LogP contribution < -0.4 is 5.73 Å². The van der Waals surface area contributed by atoms with E-state index in [1.54, 1.807) is 0 Å². The van der Waals surface area contributed by atoms with E-state index in [2.05, 4.69) is 4.98 Å². The molecule has 0 aliphatic carbocycles. The lowest BCUT2D eigenvalue weighted by Gasteiger charge is -2.04. The zero-order valence-corrected chi connectivity index (χ0v) is 7.36. The number of halogens is 4. The molecule has 1 aromatic heterocycles. The van der Waals surface area contributed by atoms with Crippen LogP contribution in [0.4, 0.5) is 13.2 Å². The van der Waals surface area contributed by atoms with E-state index in [1.165, 1.54) is 0 Å². The number of aromatic nitrogens is 1. The highest BCUT2D eigenvalue weighted by Gasteiger charge is 2.21. The van der Waals surface area contributed by atoms with Gasteiger partial charge in [-0.2, -0.15) is 0 Å². The minimum absolute atomic E-state index is 0.407. The van der Waals surface area contributed by atoms with Gasteiger partial charge in [0.25, 0.3) is 12.3 Å². The quantitative estimate of drug-likeness (QED) is 0.780. The van der Waals surface area contributed by atoms with Crippen LogP contribution in [0.15, 0.2) is 6.07 Å². The van der Waals surface area contributed by atoms with Crippen molar-refractivity contribution < 1.29 is 18.0 Å². The number of amides is 1. The molecule has 1 aromatic rings. The number of hydrogen-bond donors (Lipinski definition) is 1. The second-order valence-electron chi connectivity index (χ2n) is 2.36. The standard InChI is InChI=1S/C7H4ClF3N2O/c8-3-1-2(6(10)11)4(9)5(13-3)7(12)14/h1,6H,(H2,12,14). The molecule has 14 heavy (non-hydrogen) atoms. The summed E-state index contributed by atoms with van der Waals surface area (Å²) in [7, 11) is 0. The summed E-state index contributed by atoms with van der Waals surface area (Å²) >= 11 is 5.29. The number of carbonyl (C=O) groups is 1. The molecule has 0 spiro atoms. The summed E-state index contributed by atoms with van der Waals surface area (Å²) in [5, 5.41) is -0.407. The normalized spacial score (nSPS) is 10.6. The molecule has 0 radical (unpaired) electrons. The molecular weight excluding hydrogens is 221 g/mol. The van der Waals surface area contributed by atoms with Crippen LogP contribution in [0.25, 0.3) is 0 Å². The van der Waals surface area contributed by atoms with Crippen molar-refractivity contribution in [1.82, 2.24) is 4.98 Å². The molecule has 0 unspecified atom stereocenters. The van der Waals surface area contributed by atoms with E-state index in [4.69, 9.17) is 17.3 Å². The molecule has 0 aliphatic heterocycles. The fourth-order valence-corrected chi connectivity index (χ4v) is 1.04. The van der Waals surface area contributed by atoms with Crippen molar-refractivity contribution in [3.8, 4) is 0 Å². The predicted octanol–water partition coefficient (Wildman–Crippen LogP) is 1.91. The zero-order valence-electron chi connectivity index (χ0n) is 6.60. The largest absolute Gasteiger partial charge is 0.364 e. The van der Waals surface area contributed by atoms with E-state index in [-0.39, 0.29) is 0 Å². The Kier molecular flexibility index (Phi) is 2.95. The van der Waals surface area contributed by atoms with Crippen molar-refractivity contribution in [3.63, 3.8) is 0 Å². The van der Waals surface area contributed by atoms with Crippen LogP contribution in [-0.4, -0.2) is 10.9 Å². The minimum Gasteiger partial charge on any atom is -0.364 e. The average Bonchev–Trinajstić information content (AvgIpc) is 2.07. The van der Waals surface area contributed by atoms with E-state index in [0.29, 0.717) is 6.07 Å². The van der Waals surface area contributed by atoms with E-state index >= 15 is 0 Å².